The van der Waals surface area contributed by atoms with Crippen LogP contribution in [0, 0.1) is 5.82 Å². The van der Waals surface area contributed by atoms with E-state index in [1.54, 1.807) is 0 Å². The second-order valence-electron chi connectivity index (χ2n) is 3.05. The summed E-state index contributed by atoms with van der Waals surface area (Å²) in [5, 5.41) is 8.80. The predicted molar refractivity (Wildman–Crippen MR) is 46.9 cm³/mol. The van der Waals surface area contributed by atoms with Crippen LogP contribution in [0.3, 0.4) is 0 Å². The zero-order valence-corrected chi connectivity index (χ0v) is 7.61. The highest BCUT2D eigenvalue weighted by Gasteiger charge is 2.34. The number of halogens is 4. The summed E-state index contributed by atoms with van der Waals surface area (Å²) in [5.41, 5.74) is -1.17. The van der Waals surface area contributed by atoms with Gasteiger partial charge in [0.15, 0.2) is 0 Å². The van der Waals surface area contributed by atoms with Crippen molar-refractivity contribution in [1.82, 2.24) is 0 Å². The fourth-order valence-corrected chi connectivity index (χ4v) is 1.14. The Hall–Kier alpha value is -1.52. The van der Waals surface area contributed by atoms with Crippen LogP contribution in [0.25, 0.3) is 0 Å². The van der Waals surface area contributed by atoms with Gasteiger partial charge in [-0.05, 0) is 17.7 Å². The molecule has 1 N–H and O–H groups in total. The van der Waals surface area contributed by atoms with Gasteiger partial charge in [-0.15, -0.1) is 0 Å². The average Bonchev–Trinajstić information content (AvgIpc) is 2.05. The van der Waals surface area contributed by atoms with E-state index >= 15 is 0 Å². The average molecular weight is 220 g/mol. The monoisotopic (exact) mass is 220 g/mol. The molecule has 0 heterocycles. The van der Waals surface area contributed by atoms with Crippen LogP contribution in [0.15, 0.2) is 30.5 Å². The number of hydrogen-bond acceptors (Lipinski definition) is 1. The van der Waals surface area contributed by atoms with E-state index in [9.17, 15) is 17.6 Å². The van der Waals surface area contributed by atoms with Crippen LogP contribution < -0.4 is 0 Å². The predicted octanol–water partition coefficient (Wildman–Crippen LogP) is 3.46. The SMILES string of the molecule is C=C(O)Cc1ccc(F)c(C(F)(F)F)c1. The van der Waals surface area contributed by atoms with Crippen molar-refractivity contribution in [2.45, 2.75) is 12.6 Å². The lowest BCUT2D eigenvalue weighted by Crippen LogP contribution is -2.08. The molecule has 1 rings (SSSR count). The van der Waals surface area contributed by atoms with E-state index < -0.39 is 17.6 Å². The van der Waals surface area contributed by atoms with Crippen molar-refractivity contribution < 1.29 is 22.7 Å². The summed E-state index contributed by atoms with van der Waals surface area (Å²) < 4.78 is 49.5. The molecule has 0 saturated heterocycles. The van der Waals surface area contributed by atoms with Crippen LogP contribution in [0.5, 0.6) is 0 Å². The molecule has 0 aliphatic carbocycles. The van der Waals surface area contributed by atoms with Gasteiger partial charge in [0.1, 0.15) is 5.82 Å². The fourth-order valence-electron chi connectivity index (χ4n) is 1.14. The minimum absolute atomic E-state index is 0.122. The molecule has 1 nitrogen and oxygen atoms in total. The molecule has 5 heteroatoms. The Morgan fingerprint density at radius 3 is 2.40 bits per heavy atom. The van der Waals surface area contributed by atoms with Gasteiger partial charge >= 0.3 is 6.18 Å². The summed E-state index contributed by atoms with van der Waals surface area (Å²) in [5.74, 6) is -1.59. The molecule has 0 aromatic heterocycles. The van der Waals surface area contributed by atoms with Crippen LogP contribution in [-0.4, -0.2) is 5.11 Å². The van der Waals surface area contributed by atoms with E-state index in [4.69, 9.17) is 5.11 Å². The van der Waals surface area contributed by atoms with E-state index in [2.05, 4.69) is 6.58 Å². The summed E-state index contributed by atoms with van der Waals surface area (Å²) in [4.78, 5) is 0. The Morgan fingerprint density at radius 1 is 1.33 bits per heavy atom. The Balaban J connectivity index is 3.11. The minimum atomic E-state index is -4.73. The van der Waals surface area contributed by atoms with Crippen molar-refractivity contribution in [2.24, 2.45) is 0 Å². The quantitative estimate of drug-likeness (QED) is 0.597. The molecular formula is C10H8F4O. The number of allylic oxidation sites excluding steroid dienone is 1. The molecule has 0 aliphatic heterocycles. The van der Waals surface area contributed by atoms with Gasteiger partial charge in [0.25, 0.3) is 0 Å². The molecular weight excluding hydrogens is 212 g/mol. The highest BCUT2D eigenvalue weighted by Crippen LogP contribution is 2.32. The van der Waals surface area contributed by atoms with Crippen LogP contribution >= 0.6 is 0 Å². The van der Waals surface area contributed by atoms with Crippen molar-refractivity contribution in [3.8, 4) is 0 Å². The topological polar surface area (TPSA) is 20.2 Å². The van der Waals surface area contributed by atoms with Gasteiger partial charge in [0.2, 0.25) is 0 Å². The normalized spacial score (nSPS) is 11.5. The summed E-state index contributed by atoms with van der Waals surface area (Å²) in [6.07, 6.45) is -4.85. The first-order valence-corrected chi connectivity index (χ1v) is 4.03. The first kappa shape index (κ1) is 11.6. The van der Waals surface area contributed by atoms with Crippen molar-refractivity contribution in [1.29, 1.82) is 0 Å². The number of rotatable bonds is 2. The minimum Gasteiger partial charge on any atom is -0.513 e. The summed E-state index contributed by atoms with van der Waals surface area (Å²) in [6.45, 7) is 3.15. The molecule has 0 amide bonds. The number of hydrogen-bond donors (Lipinski definition) is 1. The Morgan fingerprint density at radius 2 is 1.93 bits per heavy atom. The number of alkyl halides is 3. The van der Waals surface area contributed by atoms with Crippen molar-refractivity contribution in [3.63, 3.8) is 0 Å². The third-order valence-corrected chi connectivity index (χ3v) is 1.74. The van der Waals surface area contributed by atoms with Gasteiger partial charge in [-0.2, -0.15) is 13.2 Å². The molecule has 0 unspecified atom stereocenters. The molecule has 0 bridgehead atoms. The first-order valence-electron chi connectivity index (χ1n) is 4.03. The highest BCUT2D eigenvalue weighted by molar-refractivity contribution is 5.29. The Labute approximate surface area is 83.7 Å². The lowest BCUT2D eigenvalue weighted by molar-refractivity contribution is -0.140. The van der Waals surface area contributed by atoms with Crippen LogP contribution in [0.1, 0.15) is 11.1 Å². The molecule has 1 aromatic carbocycles. The maximum Gasteiger partial charge on any atom is 0.419 e. The molecule has 0 atom stereocenters. The molecule has 15 heavy (non-hydrogen) atoms. The lowest BCUT2D eigenvalue weighted by atomic mass is 10.1. The van der Waals surface area contributed by atoms with Crippen LogP contribution in [-0.2, 0) is 12.6 Å². The van der Waals surface area contributed by atoms with Gasteiger partial charge in [-0.25, -0.2) is 4.39 Å². The zero-order valence-electron chi connectivity index (χ0n) is 7.61. The van der Waals surface area contributed by atoms with E-state index in [1.807, 2.05) is 0 Å². The number of aliphatic hydroxyl groups is 1. The third kappa shape index (κ3) is 2.97. The largest absolute Gasteiger partial charge is 0.513 e. The van der Waals surface area contributed by atoms with Gasteiger partial charge in [0, 0.05) is 6.42 Å². The van der Waals surface area contributed by atoms with E-state index in [-0.39, 0.29) is 17.7 Å². The van der Waals surface area contributed by atoms with E-state index in [0.29, 0.717) is 6.07 Å². The van der Waals surface area contributed by atoms with Gasteiger partial charge in [-0.3, -0.25) is 0 Å². The maximum atomic E-state index is 12.8. The highest BCUT2D eigenvalue weighted by atomic mass is 19.4. The van der Waals surface area contributed by atoms with E-state index in [1.165, 1.54) is 6.07 Å². The third-order valence-electron chi connectivity index (χ3n) is 1.74. The molecule has 1 aromatic rings. The van der Waals surface area contributed by atoms with Gasteiger partial charge in [-0.1, -0.05) is 12.6 Å². The Kier molecular flexibility index (Phi) is 3.02. The second kappa shape index (κ2) is 3.92. The molecule has 82 valence electrons. The smallest absolute Gasteiger partial charge is 0.419 e. The molecule has 0 saturated carbocycles. The zero-order chi connectivity index (χ0) is 11.6. The standard InChI is InChI=1S/C10H8F4O/c1-6(15)4-7-2-3-9(11)8(5-7)10(12,13)14/h2-3,5,15H,1,4H2. The summed E-state index contributed by atoms with van der Waals surface area (Å²) >= 11 is 0. The van der Waals surface area contributed by atoms with Crippen molar-refractivity contribution in [2.75, 3.05) is 0 Å². The number of aliphatic hydroxyl groups excluding tert-OH is 1. The molecule has 0 spiro atoms. The van der Waals surface area contributed by atoms with E-state index in [0.717, 1.165) is 6.07 Å². The second-order valence-corrected chi connectivity index (χ2v) is 3.05. The van der Waals surface area contributed by atoms with Crippen molar-refractivity contribution >= 4 is 0 Å². The van der Waals surface area contributed by atoms with Crippen LogP contribution in [0.4, 0.5) is 17.6 Å². The molecule has 0 aliphatic rings. The first-order chi connectivity index (χ1) is 6.80. The maximum absolute atomic E-state index is 12.8. The summed E-state index contributed by atoms with van der Waals surface area (Å²) in [7, 11) is 0. The number of benzene rings is 1. The molecule has 0 radical (unpaired) electrons. The Bertz CT molecular complexity index is 381. The lowest BCUT2D eigenvalue weighted by Gasteiger charge is -2.09. The molecule has 0 fully saturated rings. The van der Waals surface area contributed by atoms with Crippen LogP contribution in [0.2, 0.25) is 0 Å². The van der Waals surface area contributed by atoms with Gasteiger partial charge < -0.3 is 5.11 Å². The fraction of sp³-hybridized carbons (Fsp3) is 0.200. The van der Waals surface area contributed by atoms with Gasteiger partial charge in [0.05, 0.1) is 11.3 Å². The summed E-state index contributed by atoms with van der Waals surface area (Å²) in [6, 6.07) is 2.56. The van der Waals surface area contributed by atoms with Crippen molar-refractivity contribution in [3.05, 3.63) is 47.5 Å².